The van der Waals surface area contributed by atoms with E-state index in [1.165, 1.54) is 10.5 Å². The summed E-state index contributed by atoms with van der Waals surface area (Å²) < 4.78 is 6.82. The highest BCUT2D eigenvalue weighted by Crippen LogP contribution is 2.33. The summed E-state index contributed by atoms with van der Waals surface area (Å²) in [6.07, 6.45) is 1.75. The third-order valence-electron chi connectivity index (χ3n) is 4.96. The third kappa shape index (κ3) is 5.27. The molecule has 3 aromatic rings. The van der Waals surface area contributed by atoms with Crippen LogP contribution in [0.4, 0.5) is 4.79 Å². The van der Waals surface area contributed by atoms with Gasteiger partial charge >= 0.3 is 0 Å². The summed E-state index contributed by atoms with van der Waals surface area (Å²) in [6.45, 7) is 2.83. The molecule has 6 heteroatoms. The number of aryl methyl sites for hydroxylation is 1. The van der Waals surface area contributed by atoms with Gasteiger partial charge in [0.15, 0.2) is 0 Å². The van der Waals surface area contributed by atoms with Crippen LogP contribution in [0.5, 0.6) is 5.75 Å². The lowest BCUT2D eigenvalue weighted by molar-refractivity contribution is -0.123. The molecule has 4 rings (SSSR count). The molecule has 0 aromatic heterocycles. The van der Waals surface area contributed by atoms with Gasteiger partial charge in [-0.25, -0.2) is 0 Å². The predicted molar refractivity (Wildman–Crippen MR) is 128 cm³/mol. The number of carbonyl (C=O) groups excluding carboxylic acids is 2. The molecule has 0 radical (unpaired) electrons. The first-order valence-electron chi connectivity index (χ1n) is 9.77. The number of benzene rings is 3. The molecule has 0 atom stereocenters. The Morgan fingerprint density at radius 1 is 0.968 bits per heavy atom. The molecule has 0 aliphatic carbocycles. The molecule has 0 saturated carbocycles. The standard InChI is InChI=1S/C25H20BrNO3S/c1-17-4-2-3-5-20(17)16-30-22-12-8-18(9-13-22)14-23-24(28)27(25(29)31-23)15-19-6-10-21(26)11-7-19/h2-14H,15-16H2,1H3/b23-14-. The number of halogens is 1. The summed E-state index contributed by atoms with van der Waals surface area (Å²) in [5, 5.41) is -0.252. The van der Waals surface area contributed by atoms with Gasteiger partial charge in [-0.1, -0.05) is 64.5 Å². The lowest BCUT2D eigenvalue weighted by Crippen LogP contribution is -2.27. The quantitative estimate of drug-likeness (QED) is 0.364. The summed E-state index contributed by atoms with van der Waals surface area (Å²) in [5.41, 5.74) is 4.09. The van der Waals surface area contributed by atoms with Crippen LogP contribution >= 0.6 is 27.7 Å². The van der Waals surface area contributed by atoms with Gasteiger partial charge in [0.05, 0.1) is 11.4 Å². The molecule has 31 heavy (non-hydrogen) atoms. The predicted octanol–water partition coefficient (Wildman–Crippen LogP) is 6.57. The maximum Gasteiger partial charge on any atom is 0.293 e. The number of rotatable bonds is 6. The highest BCUT2D eigenvalue weighted by molar-refractivity contribution is 9.10. The Bertz CT molecular complexity index is 1140. The highest BCUT2D eigenvalue weighted by atomic mass is 79.9. The second-order valence-corrected chi connectivity index (χ2v) is 9.09. The molecule has 1 saturated heterocycles. The molecule has 0 N–H and O–H groups in total. The Labute approximate surface area is 194 Å². The van der Waals surface area contributed by atoms with E-state index in [1.807, 2.05) is 66.7 Å². The molecule has 1 heterocycles. The monoisotopic (exact) mass is 493 g/mol. The van der Waals surface area contributed by atoms with Crippen LogP contribution in [0.3, 0.4) is 0 Å². The Morgan fingerprint density at radius 3 is 2.39 bits per heavy atom. The van der Waals surface area contributed by atoms with Gasteiger partial charge in [-0.05, 0) is 71.3 Å². The second-order valence-electron chi connectivity index (χ2n) is 7.18. The van der Waals surface area contributed by atoms with Crippen LogP contribution in [0.15, 0.2) is 82.2 Å². The van der Waals surface area contributed by atoms with Crippen molar-refractivity contribution in [2.75, 3.05) is 0 Å². The lowest BCUT2D eigenvalue weighted by Gasteiger charge is -2.12. The van der Waals surface area contributed by atoms with E-state index in [9.17, 15) is 9.59 Å². The van der Waals surface area contributed by atoms with Crippen molar-refractivity contribution >= 4 is 44.9 Å². The van der Waals surface area contributed by atoms with Crippen LogP contribution in [0.25, 0.3) is 6.08 Å². The molecule has 1 aliphatic rings. The number of ether oxygens (including phenoxy) is 1. The third-order valence-corrected chi connectivity index (χ3v) is 6.40. The first-order valence-corrected chi connectivity index (χ1v) is 11.4. The zero-order valence-electron chi connectivity index (χ0n) is 16.9. The van der Waals surface area contributed by atoms with Crippen molar-refractivity contribution in [1.82, 2.24) is 4.90 Å². The summed E-state index contributed by atoms with van der Waals surface area (Å²) >= 11 is 4.36. The minimum Gasteiger partial charge on any atom is -0.489 e. The number of nitrogens with zero attached hydrogens (tertiary/aromatic N) is 1. The SMILES string of the molecule is Cc1ccccc1COc1ccc(/C=C2\SC(=O)N(Cc3ccc(Br)cc3)C2=O)cc1. The first-order chi connectivity index (χ1) is 15.0. The molecule has 1 aliphatic heterocycles. The smallest absolute Gasteiger partial charge is 0.293 e. The minimum absolute atomic E-state index is 0.252. The fourth-order valence-corrected chi connectivity index (χ4v) is 4.26. The molecule has 4 nitrogen and oxygen atoms in total. The van der Waals surface area contributed by atoms with Gasteiger partial charge < -0.3 is 4.74 Å². The van der Waals surface area contributed by atoms with Gasteiger partial charge in [0, 0.05) is 4.47 Å². The molecular formula is C25H20BrNO3S. The maximum absolute atomic E-state index is 12.7. The van der Waals surface area contributed by atoms with Gasteiger partial charge in [0.1, 0.15) is 12.4 Å². The maximum atomic E-state index is 12.7. The van der Waals surface area contributed by atoms with Gasteiger partial charge in [-0.15, -0.1) is 0 Å². The Kier molecular flexibility index (Phi) is 6.59. The Morgan fingerprint density at radius 2 is 1.68 bits per heavy atom. The summed E-state index contributed by atoms with van der Waals surface area (Å²) in [7, 11) is 0. The fourth-order valence-electron chi connectivity index (χ4n) is 3.15. The van der Waals surface area contributed by atoms with Crippen LogP contribution in [-0.2, 0) is 17.9 Å². The van der Waals surface area contributed by atoms with E-state index in [1.54, 1.807) is 6.08 Å². The number of carbonyl (C=O) groups is 2. The number of hydrogen-bond acceptors (Lipinski definition) is 4. The van der Waals surface area contributed by atoms with Crippen LogP contribution in [0.2, 0.25) is 0 Å². The van der Waals surface area contributed by atoms with Crippen molar-refractivity contribution in [3.63, 3.8) is 0 Å². The van der Waals surface area contributed by atoms with E-state index < -0.39 is 0 Å². The van der Waals surface area contributed by atoms with Crippen LogP contribution < -0.4 is 4.74 Å². The number of amides is 2. The number of hydrogen-bond donors (Lipinski definition) is 0. The van der Waals surface area contributed by atoms with Crippen molar-refractivity contribution in [2.45, 2.75) is 20.1 Å². The molecule has 0 spiro atoms. The van der Waals surface area contributed by atoms with E-state index in [4.69, 9.17) is 4.74 Å². The van der Waals surface area contributed by atoms with Gasteiger partial charge in [-0.3, -0.25) is 14.5 Å². The average molecular weight is 494 g/mol. The summed E-state index contributed by atoms with van der Waals surface area (Å²) in [4.78, 5) is 26.8. The normalized spacial score (nSPS) is 15.0. The van der Waals surface area contributed by atoms with Gasteiger partial charge in [0.2, 0.25) is 0 Å². The molecule has 3 aromatic carbocycles. The van der Waals surface area contributed by atoms with E-state index in [-0.39, 0.29) is 17.7 Å². The van der Waals surface area contributed by atoms with E-state index in [2.05, 4.69) is 28.9 Å². The first kappa shape index (κ1) is 21.4. The highest BCUT2D eigenvalue weighted by Gasteiger charge is 2.34. The molecular weight excluding hydrogens is 474 g/mol. The van der Waals surface area contributed by atoms with E-state index >= 15 is 0 Å². The second kappa shape index (κ2) is 9.54. The largest absolute Gasteiger partial charge is 0.489 e. The van der Waals surface area contributed by atoms with Crippen molar-refractivity contribution in [3.8, 4) is 5.75 Å². The fraction of sp³-hybridized carbons (Fsp3) is 0.120. The number of imide groups is 1. The van der Waals surface area contributed by atoms with Gasteiger partial charge in [0.25, 0.3) is 11.1 Å². The van der Waals surface area contributed by atoms with Gasteiger partial charge in [-0.2, -0.15) is 0 Å². The van der Waals surface area contributed by atoms with Crippen molar-refractivity contribution in [3.05, 3.63) is 104 Å². The molecule has 0 unspecified atom stereocenters. The van der Waals surface area contributed by atoms with Crippen molar-refractivity contribution in [1.29, 1.82) is 0 Å². The van der Waals surface area contributed by atoms with E-state index in [0.717, 1.165) is 38.7 Å². The minimum atomic E-state index is -0.266. The van der Waals surface area contributed by atoms with E-state index in [0.29, 0.717) is 11.5 Å². The molecule has 1 fully saturated rings. The average Bonchev–Trinajstić information content (AvgIpc) is 3.03. The number of thioether (sulfide) groups is 1. The lowest BCUT2D eigenvalue weighted by atomic mass is 10.1. The van der Waals surface area contributed by atoms with Crippen LogP contribution in [0.1, 0.15) is 22.3 Å². The molecule has 2 amide bonds. The Balaban J connectivity index is 1.41. The topological polar surface area (TPSA) is 46.6 Å². The summed E-state index contributed by atoms with van der Waals surface area (Å²) in [6, 6.07) is 23.2. The molecule has 156 valence electrons. The summed E-state index contributed by atoms with van der Waals surface area (Å²) in [5.74, 6) is 0.488. The zero-order valence-corrected chi connectivity index (χ0v) is 19.3. The van der Waals surface area contributed by atoms with Crippen molar-refractivity contribution in [2.24, 2.45) is 0 Å². The Hall–Kier alpha value is -2.83. The molecule has 0 bridgehead atoms. The van der Waals surface area contributed by atoms with Crippen molar-refractivity contribution < 1.29 is 14.3 Å². The zero-order chi connectivity index (χ0) is 21.8. The van der Waals surface area contributed by atoms with Crippen LogP contribution in [0, 0.1) is 6.92 Å². The van der Waals surface area contributed by atoms with Crippen LogP contribution in [-0.4, -0.2) is 16.0 Å².